The Labute approximate surface area is 164 Å². The average molecular weight is 384 g/mol. The van der Waals surface area contributed by atoms with Gasteiger partial charge in [-0.25, -0.2) is 0 Å². The molecule has 140 valence electrons. The number of benzene rings is 2. The summed E-state index contributed by atoms with van der Waals surface area (Å²) < 4.78 is 12.0. The number of carbonyl (C=O) groups is 1. The highest BCUT2D eigenvalue weighted by Gasteiger charge is 2.35. The van der Waals surface area contributed by atoms with Crippen LogP contribution in [-0.2, 0) is 6.54 Å². The minimum Gasteiger partial charge on any atom is -0.478 e. The van der Waals surface area contributed by atoms with E-state index in [4.69, 9.17) is 21.1 Å². The number of Topliss-reactive ketones (excluding diaryl/α,β-unsaturated/α-hetero) is 1. The molecule has 0 unspecified atom stereocenters. The second-order valence-electron chi connectivity index (χ2n) is 7.51. The van der Waals surface area contributed by atoms with E-state index in [0.29, 0.717) is 41.3 Å². The van der Waals surface area contributed by atoms with Gasteiger partial charge in [-0.1, -0.05) is 43.6 Å². The Kier molecular flexibility index (Phi) is 4.70. The quantitative estimate of drug-likeness (QED) is 0.693. The molecule has 0 radical (unpaired) electrons. The van der Waals surface area contributed by atoms with E-state index in [1.54, 1.807) is 12.1 Å². The summed E-state index contributed by atoms with van der Waals surface area (Å²) in [4.78, 5) is 15.2. The lowest BCUT2D eigenvalue weighted by Gasteiger charge is -2.31. The van der Waals surface area contributed by atoms with Crippen LogP contribution in [0.3, 0.4) is 0 Å². The lowest BCUT2D eigenvalue weighted by molar-refractivity contribution is 0.0831. The van der Waals surface area contributed by atoms with Gasteiger partial charge in [-0.05, 0) is 42.2 Å². The summed E-state index contributed by atoms with van der Waals surface area (Å²) in [6, 6.07) is 9.35. The Hall–Kier alpha value is -2.30. The van der Waals surface area contributed by atoms with Crippen molar-refractivity contribution >= 4 is 23.5 Å². The summed E-state index contributed by atoms with van der Waals surface area (Å²) in [5.41, 5.74) is 3.20. The number of fused-ring (bicyclic) bond motifs is 3. The van der Waals surface area contributed by atoms with Crippen LogP contribution in [0.2, 0.25) is 5.02 Å². The number of ether oxygens (including phenoxy) is 2. The molecular weight excluding hydrogens is 362 g/mol. The first-order valence-electron chi connectivity index (χ1n) is 9.14. The summed E-state index contributed by atoms with van der Waals surface area (Å²) in [5, 5.41) is 0.586. The van der Waals surface area contributed by atoms with Gasteiger partial charge in [0.05, 0.1) is 11.1 Å². The fourth-order valence-corrected chi connectivity index (χ4v) is 3.83. The van der Waals surface area contributed by atoms with E-state index in [-0.39, 0.29) is 5.78 Å². The highest BCUT2D eigenvalue weighted by Crippen LogP contribution is 2.44. The number of carbonyl (C=O) groups excluding carboxylic acids is 1. The molecule has 0 saturated heterocycles. The van der Waals surface area contributed by atoms with Crippen molar-refractivity contribution in [2.24, 2.45) is 5.92 Å². The molecular formula is C22H22ClNO3. The van der Waals surface area contributed by atoms with Crippen LogP contribution in [0.1, 0.15) is 40.9 Å². The van der Waals surface area contributed by atoms with Gasteiger partial charge < -0.3 is 9.47 Å². The van der Waals surface area contributed by atoms with Gasteiger partial charge in [-0.15, -0.1) is 0 Å². The van der Waals surface area contributed by atoms with Gasteiger partial charge in [0.1, 0.15) is 18.2 Å². The van der Waals surface area contributed by atoms with E-state index in [0.717, 1.165) is 29.0 Å². The van der Waals surface area contributed by atoms with Crippen LogP contribution in [0.4, 0.5) is 0 Å². The van der Waals surface area contributed by atoms with Gasteiger partial charge in [-0.3, -0.25) is 9.69 Å². The molecule has 2 aromatic rings. The van der Waals surface area contributed by atoms with Gasteiger partial charge >= 0.3 is 0 Å². The maximum atomic E-state index is 13.0. The zero-order valence-corrected chi connectivity index (χ0v) is 16.5. The van der Waals surface area contributed by atoms with Crippen LogP contribution in [0.15, 0.2) is 36.1 Å². The maximum absolute atomic E-state index is 13.0. The van der Waals surface area contributed by atoms with Gasteiger partial charge in [0.2, 0.25) is 5.78 Å². The van der Waals surface area contributed by atoms with E-state index in [1.807, 2.05) is 31.2 Å². The fraction of sp³-hybridized carbons (Fsp3) is 0.318. The minimum atomic E-state index is -0.105. The topological polar surface area (TPSA) is 38.8 Å². The van der Waals surface area contributed by atoms with Gasteiger partial charge in [-0.2, -0.15) is 0 Å². The number of hydrogen-bond donors (Lipinski definition) is 0. The van der Waals surface area contributed by atoms with Crippen molar-refractivity contribution in [3.05, 3.63) is 63.4 Å². The largest absolute Gasteiger partial charge is 0.478 e. The Morgan fingerprint density at radius 2 is 2.07 bits per heavy atom. The monoisotopic (exact) mass is 383 g/mol. The average Bonchev–Trinajstić information content (AvgIpc) is 2.95. The number of nitrogens with zero attached hydrogens (tertiary/aromatic N) is 1. The van der Waals surface area contributed by atoms with Crippen molar-refractivity contribution < 1.29 is 14.3 Å². The molecule has 2 heterocycles. The van der Waals surface area contributed by atoms with E-state index in [9.17, 15) is 4.79 Å². The lowest BCUT2D eigenvalue weighted by Crippen LogP contribution is -2.35. The first-order valence-corrected chi connectivity index (χ1v) is 9.52. The van der Waals surface area contributed by atoms with Crippen LogP contribution in [0.25, 0.3) is 6.08 Å². The van der Waals surface area contributed by atoms with Gasteiger partial charge in [0.25, 0.3) is 0 Å². The maximum Gasteiger partial charge on any atom is 0.232 e. The molecule has 0 saturated carbocycles. The zero-order valence-electron chi connectivity index (χ0n) is 15.7. The molecule has 0 atom stereocenters. The second-order valence-corrected chi connectivity index (χ2v) is 7.92. The number of ketones is 1. The molecule has 2 aromatic carbocycles. The predicted molar refractivity (Wildman–Crippen MR) is 106 cm³/mol. The summed E-state index contributed by atoms with van der Waals surface area (Å²) >= 11 is 6.24. The van der Waals surface area contributed by atoms with Crippen LogP contribution in [0, 0.1) is 12.8 Å². The molecule has 0 fully saturated rings. The third-order valence-electron chi connectivity index (χ3n) is 4.80. The van der Waals surface area contributed by atoms with Crippen molar-refractivity contribution in [1.29, 1.82) is 0 Å². The normalized spacial score (nSPS) is 17.7. The number of allylic oxidation sites excluding steroid dienone is 1. The first kappa shape index (κ1) is 18.1. The molecule has 4 rings (SSSR count). The van der Waals surface area contributed by atoms with E-state index in [2.05, 4.69) is 18.7 Å². The molecule has 0 bridgehead atoms. The SMILES string of the molecule is Cc1cc2c(c3c1C(=O)/C(=C/c1ccccc1Cl)O3)CN(CC(C)C)CO2. The Morgan fingerprint density at radius 1 is 1.30 bits per heavy atom. The third kappa shape index (κ3) is 3.35. The molecule has 0 aromatic heterocycles. The van der Waals surface area contributed by atoms with Gasteiger partial charge in [0.15, 0.2) is 5.76 Å². The highest BCUT2D eigenvalue weighted by molar-refractivity contribution is 6.32. The Balaban J connectivity index is 1.73. The van der Waals surface area contributed by atoms with Crippen LogP contribution >= 0.6 is 11.6 Å². The van der Waals surface area contributed by atoms with Crippen LogP contribution in [-0.4, -0.2) is 24.0 Å². The number of halogens is 1. The summed E-state index contributed by atoms with van der Waals surface area (Å²) in [6.07, 6.45) is 1.71. The molecule has 0 N–H and O–H groups in total. The van der Waals surface area contributed by atoms with E-state index < -0.39 is 0 Å². The summed E-state index contributed by atoms with van der Waals surface area (Å²) in [6.45, 7) is 8.47. The standard InChI is InChI=1S/C22H22ClNO3/c1-13(2)10-24-11-16-18(26-12-24)8-14(3)20-21(25)19(27-22(16)20)9-15-6-4-5-7-17(15)23/h4-9,13H,10-12H2,1-3H3/b19-9-. The molecule has 27 heavy (non-hydrogen) atoms. The van der Waals surface area contributed by atoms with Crippen LogP contribution in [0.5, 0.6) is 11.5 Å². The van der Waals surface area contributed by atoms with Crippen molar-refractivity contribution in [3.8, 4) is 11.5 Å². The highest BCUT2D eigenvalue weighted by atomic mass is 35.5. The number of rotatable bonds is 3. The second kappa shape index (κ2) is 7.02. The molecule has 0 aliphatic carbocycles. The van der Waals surface area contributed by atoms with E-state index >= 15 is 0 Å². The van der Waals surface area contributed by atoms with Crippen molar-refractivity contribution in [1.82, 2.24) is 4.90 Å². The van der Waals surface area contributed by atoms with Crippen molar-refractivity contribution in [2.45, 2.75) is 27.3 Å². The number of aryl methyl sites for hydroxylation is 1. The predicted octanol–water partition coefficient (Wildman–Crippen LogP) is 5.07. The lowest BCUT2D eigenvalue weighted by atomic mass is 9.98. The molecule has 0 spiro atoms. The molecule has 5 heteroatoms. The van der Waals surface area contributed by atoms with Crippen LogP contribution < -0.4 is 9.47 Å². The first-order chi connectivity index (χ1) is 12.9. The van der Waals surface area contributed by atoms with Crippen molar-refractivity contribution in [2.75, 3.05) is 13.3 Å². The smallest absolute Gasteiger partial charge is 0.232 e. The molecule has 0 amide bonds. The Morgan fingerprint density at radius 3 is 2.81 bits per heavy atom. The Bertz CT molecular complexity index is 949. The van der Waals surface area contributed by atoms with Gasteiger partial charge in [0, 0.05) is 18.1 Å². The summed E-state index contributed by atoms with van der Waals surface area (Å²) in [5.74, 6) is 2.16. The number of hydrogen-bond acceptors (Lipinski definition) is 4. The van der Waals surface area contributed by atoms with E-state index in [1.165, 1.54) is 0 Å². The summed E-state index contributed by atoms with van der Waals surface area (Å²) in [7, 11) is 0. The molecule has 4 nitrogen and oxygen atoms in total. The molecule has 2 aliphatic heterocycles. The van der Waals surface area contributed by atoms with Crippen molar-refractivity contribution in [3.63, 3.8) is 0 Å². The fourth-order valence-electron chi connectivity index (χ4n) is 3.64. The molecule has 2 aliphatic rings. The zero-order chi connectivity index (χ0) is 19.1. The minimum absolute atomic E-state index is 0.105. The third-order valence-corrected chi connectivity index (χ3v) is 5.15.